The number of likely N-dealkylation sites (tertiary alicyclic amines) is 1. The molecule has 7 nitrogen and oxygen atoms in total. The molecule has 0 spiro atoms. The molecule has 2 heterocycles. The first-order valence-electron chi connectivity index (χ1n) is 11.2. The molecule has 31 heavy (non-hydrogen) atoms. The second-order valence-corrected chi connectivity index (χ2v) is 7.88. The third-order valence-electron chi connectivity index (χ3n) is 5.34. The average molecular weight is 430 g/mol. The van der Waals surface area contributed by atoms with Gasteiger partial charge in [0.2, 0.25) is 0 Å². The summed E-state index contributed by atoms with van der Waals surface area (Å²) < 4.78 is 17.0. The van der Waals surface area contributed by atoms with Gasteiger partial charge in [0.1, 0.15) is 25.1 Å². The molecule has 1 atom stereocenters. The summed E-state index contributed by atoms with van der Waals surface area (Å²) in [6.45, 7) is 5.04. The highest BCUT2D eigenvalue weighted by molar-refractivity contribution is 5.43. The molecule has 0 saturated carbocycles. The van der Waals surface area contributed by atoms with Crippen LogP contribution in [-0.4, -0.2) is 67.6 Å². The van der Waals surface area contributed by atoms with Gasteiger partial charge in [-0.2, -0.15) is 0 Å². The fourth-order valence-electron chi connectivity index (χ4n) is 3.70. The predicted octanol–water partition coefficient (Wildman–Crippen LogP) is 2.87. The number of nitrogens with one attached hydrogen (secondary N) is 1. The summed E-state index contributed by atoms with van der Waals surface area (Å²) in [5, 5.41) is 13.7. The summed E-state index contributed by atoms with van der Waals surface area (Å²) in [5.41, 5.74) is 1.09. The smallest absolute Gasteiger partial charge is 0.161 e. The zero-order chi connectivity index (χ0) is 21.7. The SMILES string of the molecule is COc1cc(CNCCOc2cccnc2)ccc1OCC(O)CN1CCCCCC1. The van der Waals surface area contributed by atoms with Crippen molar-refractivity contribution in [2.75, 3.05) is 46.5 Å². The molecular weight excluding hydrogens is 394 g/mol. The van der Waals surface area contributed by atoms with Crippen LogP contribution < -0.4 is 19.5 Å². The van der Waals surface area contributed by atoms with Gasteiger partial charge in [0.05, 0.1) is 13.3 Å². The number of ether oxygens (including phenoxy) is 3. The summed E-state index contributed by atoms with van der Waals surface area (Å²) in [6, 6.07) is 9.62. The number of aromatic nitrogens is 1. The number of pyridine rings is 1. The number of nitrogens with zero attached hydrogens (tertiary/aromatic N) is 2. The van der Waals surface area contributed by atoms with E-state index >= 15 is 0 Å². The van der Waals surface area contributed by atoms with Crippen LogP contribution in [0.15, 0.2) is 42.7 Å². The van der Waals surface area contributed by atoms with Gasteiger partial charge >= 0.3 is 0 Å². The topological polar surface area (TPSA) is 76.1 Å². The molecule has 1 aromatic heterocycles. The van der Waals surface area contributed by atoms with Gasteiger partial charge in [0, 0.05) is 25.8 Å². The highest BCUT2D eigenvalue weighted by atomic mass is 16.5. The molecule has 170 valence electrons. The number of aliphatic hydroxyl groups excluding tert-OH is 1. The van der Waals surface area contributed by atoms with Crippen LogP contribution in [0.5, 0.6) is 17.2 Å². The zero-order valence-electron chi connectivity index (χ0n) is 18.5. The molecule has 1 aromatic carbocycles. The second kappa shape index (κ2) is 13.1. The van der Waals surface area contributed by atoms with Crippen molar-refractivity contribution in [3.05, 3.63) is 48.3 Å². The molecule has 0 radical (unpaired) electrons. The molecule has 0 amide bonds. The molecule has 7 heteroatoms. The van der Waals surface area contributed by atoms with E-state index in [1.165, 1.54) is 25.7 Å². The lowest BCUT2D eigenvalue weighted by Crippen LogP contribution is -2.36. The Bertz CT molecular complexity index is 752. The van der Waals surface area contributed by atoms with Crippen molar-refractivity contribution in [2.45, 2.75) is 38.3 Å². The van der Waals surface area contributed by atoms with E-state index in [4.69, 9.17) is 14.2 Å². The lowest BCUT2D eigenvalue weighted by Gasteiger charge is -2.23. The Hall–Kier alpha value is -2.35. The maximum Gasteiger partial charge on any atom is 0.161 e. The van der Waals surface area contributed by atoms with Crippen molar-refractivity contribution >= 4 is 0 Å². The van der Waals surface area contributed by atoms with E-state index in [9.17, 15) is 5.11 Å². The van der Waals surface area contributed by atoms with E-state index in [1.807, 2.05) is 30.3 Å². The van der Waals surface area contributed by atoms with Gasteiger partial charge in [-0.05, 0) is 55.8 Å². The zero-order valence-corrected chi connectivity index (χ0v) is 18.5. The molecule has 1 aliphatic heterocycles. The van der Waals surface area contributed by atoms with Gasteiger partial charge in [-0.3, -0.25) is 4.98 Å². The van der Waals surface area contributed by atoms with Crippen LogP contribution in [0.3, 0.4) is 0 Å². The largest absolute Gasteiger partial charge is 0.493 e. The van der Waals surface area contributed by atoms with E-state index in [2.05, 4.69) is 15.2 Å². The van der Waals surface area contributed by atoms with Crippen molar-refractivity contribution < 1.29 is 19.3 Å². The quantitative estimate of drug-likeness (QED) is 0.503. The van der Waals surface area contributed by atoms with Crippen molar-refractivity contribution in [1.82, 2.24) is 15.2 Å². The first kappa shape index (κ1) is 23.3. The maximum absolute atomic E-state index is 10.4. The number of methoxy groups -OCH3 is 1. The summed E-state index contributed by atoms with van der Waals surface area (Å²) in [4.78, 5) is 6.37. The lowest BCUT2D eigenvalue weighted by molar-refractivity contribution is 0.0683. The molecule has 1 fully saturated rings. The Morgan fingerprint density at radius 2 is 1.94 bits per heavy atom. The van der Waals surface area contributed by atoms with Gasteiger partial charge in [0.15, 0.2) is 11.5 Å². The highest BCUT2D eigenvalue weighted by Crippen LogP contribution is 2.28. The molecule has 1 aliphatic rings. The molecule has 0 aliphatic carbocycles. The molecule has 3 rings (SSSR count). The lowest BCUT2D eigenvalue weighted by atomic mass is 10.2. The van der Waals surface area contributed by atoms with Gasteiger partial charge < -0.3 is 29.5 Å². The molecule has 1 saturated heterocycles. The molecule has 0 bridgehead atoms. The Labute approximate surface area is 185 Å². The number of hydrogen-bond donors (Lipinski definition) is 2. The van der Waals surface area contributed by atoms with E-state index in [1.54, 1.807) is 19.5 Å². The maximum atomic E-state index is 10.4. The van der Waals surface area contributed by atoms with Crippen LogP contribution in [0, 0.1) is 0 Å². The molecular formula is C24H35N3O4. The minimum absolute atomic E-state index is 0.260. The van der Waals surface area contributed by atoms with Gasteiger partial charge in [-0.25, -0.2) is 0 Å². The van der Waals surface area contributed by atoms with Crippen molar-refractivity contribution in [1.29, 1.82) is 0 Å². The van der Waals surface area contributed by atoms with Gasteiger partial charge in [-0.1, -0.05) is 18.9 Å². The minimum atomic E-state index is -0.510. The van der Waals surface area contributed by atoms with E-state index in [0.29, 0.717) is 31.2 Å². The van der Waals surface area contributed by atoms with Crippen LogP contribution in [0.1, 0.15) is 31.2 Å². The number of hydrogen-bond acceptors (Lipinski definition) is 7. The van der Waals surface area contributed by atoms with Crippen LogP contribution >= 0.6 is 0 Å². The van der Waals surface area contributed by atoms with Crippen LogP contribution in [0.2, 0.25) is 0 Å². The first-order chi connectivity index (χ1) is 15.2. The number of β-amino-alcohol motifs (C(OH)–C–C–N with tert-alkyl or cyclic N) is 1. The Kier molecular flexibility index (Phi) is 9.89. The van der Waals surface area contributed by atoms with Crippen LogP contribution in [0.25, 0.3) is 0 Å². The Morgan fingerprint density at radius 1 is 1.10 bits per heavy atom. The van der Waals surface area contributed by atoms with Crippen molar-refractivity contribution in [3.63, 3.8) is 0 Å². The summed E-state index contributed by atoms with van der Waals surface area (Å²) in [6.07, 6.45) is 7.93. The number of benzene rings is 1. The van der Waals surface area contributed by atoms with E-state index in [-0.39, 0.29) is 6.61 Å². The van der Waals surface area contributed by atoms with E-state index < -0.39 is 6.10 Å². The fourth-order valence-corrected chi connectivity index (χ4v) is 3.70. The van der Waals surface area contributed by atoms with Gasteiger partial charge in [0.25, 0.3) is 0 Å². The molecule has 2 aromatic rings. The average Bonchev–Trinajstić information content (AvgIpc) is 3.07. The second-order valence-electron chi connectivity index (χ2n) is 7.88. The number of rotatable bonds is 12. The van der Waals surface area contributed by atoms with Crippen molar-refractivity contribution in [2.24, 2.45) is 0 Å². The number of aliphatic hydroxyl groups is 1. The minimum Gasteiger partial charge on any atom is -0.493 e. The third-order valence-corrected chi connectivity index (χ3v) is 5.34. The first-order valence-corrected chi connectivity index (χ1v) is 11.2. The van der Waals surface area contributed by atoms with Crippen molar-refractivity contribution in [3.8, 4) is 17.2 Å². The predicted molar refractivity (Wildman–Crippen MR) is 121 cm³/mol. The van der Waals surface area contributed by atoms with Gasteiger partial charge in [-0.15, -0.1) is 0 Å². The summed E-state index contributed by atoms with van der Waals surface area (Å²) in [7, 11) is 1.63. The third kappa shape index (κ3) is 8.36. The standard InChI is InChI=1S/C24H35N3O4/c1-29-24-15-20(16-26-11-14-30-22-7-6-10-25-17-22)8-9-23(24)31-19-21(28)18-27-12-4-2-3-5-13-27/h6-10,15,17,21,26,28H,2-5,11-14,16,18-19H2,1H3. The Morgan fingerprint density at radius 3 is 2.68 bits per heavy atom. The fraction of sp³-hybridized carbons (Fsp3) is 0.542. The summed E-state index contributed by atoms with van der Waals surface area (Å²) >= 11 is 0. The molecule has 1 unspecified atom stereocenters. The molecule has 2 N–H and O–H groups in total. The van der Waals surface area contributed by atoms with Crippen LogP contribution in [-0.2, 0) is 6.54 Å². The highest BCUT2D eigenvalue weighted by Gasteiger charge is 2.15. The van der Waals surface area contributed by atoms with E-state index in [0.717, 1.165) is 30.9 Å². The van der Waals surface area contributed by atoms with Crippen LogP contribution in [0.4, 0.5) is 0 Å². The summed E-state index contributed by atoms with van der Waals surface area (Å²) in [5.74, 6) is 2.10. The monoisotopic (exact) mass is 429 g/mol. The Balaban J connectivity index is 1.39. The normalized spacial score (nSPS) is 15.8.